The summed E-state index contributed by atoms with van der Waals surface area (Å²) in [5.41, 5.74) is 1.50. The third-order valence-electron chi connectivity index (χ3n) is 2.92. The van der Waals surface area contributed by atoms with Crippen molar-refractivity contribution in [3.8, 4) is 10.6 Å². The van der Waals surface area contributed by atoms with Crippen LogP contribution < -0.4 is 0 Å². The summed E-state index contributed by atoms with van der Waals surface area (Å²) in [6.07, 6.45) is 0. The van der Waals surface area contributed by atoms with Crippen molar-refractivity contribution >= 4 is 17.2 Å². The van der Waals surface area contributed by atoms with Gasteiger partial charge in [-0.05, 0) is 31.4 Å². The molecule has 0 bridgehead atoms. The molecule has 0 aliphatic heterocycles. The van der Waals surface area contributed by atoms with E-state index in [1.54, 1.807) is 20.9 Å². The molecule has 5 heteroatoms. The highest BCUT2D eigenvalue weighted by Gasteiger charge is 2.18. The minimum atomic E-state index is 0.0396. The second-order valence-corrected chi connectivity index (χ2v) is 4.94. The highest BCUT2D eigenvalue weighted by Crippen LogP contribution is 2.24. The van der Waals surface area contributed by atoms with Crippen molar-refractivity contribution < 1.29 is 4.79 Å². The molecule has 0 atom stereocenters. The Labute approximate surface area is 111 Å². The highest BCUT2D eigenvalue weighted by molar-refractivity contribution is 7.13. The molecule has 0 radical (unpaired) electrons. The van der Waals surface area contributed by atoms with Gasteiger partial charge in [0.05, 0.1) is 4.88 Å². The van der Waals surface area contributed by atoms with Crippen LogP contribution in [0.1, 0.15) is 24.3 Å². The maximum atomic E-state index is 12.3. The van der Waals surface area contributed by atoms with Gasteiger partial charge in [-0.1, -0.05) is 6.07 Å². The van der Waals surface area contributed by atoms with Gasteiger partial charge in [0.2, 0.25) is 0 Å². The van der Waals surface area contributed by atoms with Crippen LogP contribution in [0.4, 0.5) is 0 Å². The van der Waals surface area contributed by atoms with Crippen LogP contribution >= 0.6 is 11.3 Å². The Morgan fingerprint density at radius 2 is 2.17 bits per heavy atom. The van der Waals surface area contributed by atoms with Crippen LogP contribution in [0.2, 0.25) is 0 Å². The van der Waals surface area contributed by atoms with Crippen molar-refractivity contribution in [3.05, 3.63) is 29.3 Å². The number of aromatic nitrogens is 2. The summed E-state index contributed by atoms with van der Waals surface area (Å²) >= 11 is 1.63. The quantitative estimate of drug-likeness (QED) is 0.850. The van der Waals surface area contributed by atoms with Gasteiger partial charge in [0, 0.05) is 20.1 Å². The van der Waals surface area contributed by atoms with Gasteiger partial charge in [-0.15, -0.1) is 11.3 Å². The molecule has 18 heavy (non-hydrogen) atoms. The number of amides is 1. The Morgan fingerprint density at radius 1 is 1.44 bits per heavy atom. The Balaban J connectivity index is 2.32. The average Bonchev–Trinajstić information content (AvgIpc) is 2.99. The Kier molecular flexibility index (Phi) is 3.81. The third kappa shape index (κ3) is 2.31. The van der Waals surface area contributed by atoms with Crippen LogP contribution in [0.15, 0.2) is 23.6 Å². The molecule has 0 fully saturated rings. The number of hydrogen-bond acceptors (Lipinski definition) is 3. The lowest BCUT2D eigenvalue weighted by Gasteiger charge is -2.18. The summed E-state index contributed by atoms with van der Waals surface area (Å²) in [6.45, 7) is 5.40. The zero-order valence-corrected chi connectivity index (χ0v) is 11.7. The maximum absolute atomic E-state index is 12.3. The van der Waals surface area contributed by atoms with Gasteiger partial charge in [-0.2, -0.15) is 5.10 Å². The molecular formula is C13H17N3OS. The zero-order valence-electron chi connectivity index (χ0n) is 10.9. The predicted molar refractivity (Wildman–Crippen MR) is 73.8 cm³/mol. The Morgan fingerprint density at radius 3 is 2.72 bits per heavy atom. The van der Waals surface area contributed by atoms with Crippen LogP contribution in [0.5, 0.6) is 0 Å². The molecule has 2 heterocycles. The first-order chi connectivity index (χ1) is 8.67. The summed E-state index contributed by atoms with van der Waals surface area (Å²) < 4.78 is 1.66. The summed E-state index contributed by atoms with van der Waals surface area (Å²) in [6, 6.07) is 5.87. The first kappa shape index (κ1) is 12.8. The molecule has 0 N–H and O–H groups in total. The minimum absolute atomic E-state index is 0.0396. The molecule has 96 valence electrons. The van der Waals surface area contributed by atoms with E-state index in [0.717, 1.165) is 23.7 Å². The number of aryl methyl sites for hydroxylation is 1. The normalized spacial score (nSPS) is 10.6. The van der Waals surface area contributed by atoms with Crippen molar-refractivity contribution in [2.24, 2.45) is 7.05 Å². The van der Waals surface area contributed by atoms with Gasteiger partial charge in [0.25, 0.3) is 5.91 Å². The highest BCUT2D eigenvalue weighted by atomic mass is 32.1. The molecule has 0 saturated carbocycles. The topological polar surface area (TPSA) is 38.1 Å². The molecule has 2 aromatic rings. The lowest BCUT2D eigenvalue weighted by atomic mass is 10.3. The second-order valence-electron chi connectivity index (χ2n) is 3.99. The van der Waals surface area contributed by atoms with Gasteiger partial charge in [-0.3, -0.25) is 9.48 Å². The first-order valence-electron chi connectivity index (χ1n) is 6.04. The third-order valence-corrected chi connectivity index (χ3v) is 3.82. The summed E-state index contributed by atoms with van der Waals surface area (Å²) in [5, 5.41) is 6.41. The number of nitrogens with zero attached hydrogens (tertiary/aromatic N) is 3. The first-order valence-corrected chi connectivity index (χ1v) is 6.92. The smallest absolute Gasteiger partial charge is 0.272 e. The fourth-order valence-electron chi connectivity index (χ4n) is 1.88. The van der Waals surface area contributed by atoms with E-state index in [0.29, 0.717) is 5.69 Å². The Hall–Kier alpha value is -1.62. The molecule has 0 aliphatic rings. The van der Waals surface area contributed by atoms with Crippen LogP contribution in [-0.4, -0.2) is 33.7 Å². The molecule has 1 amide bonds. The molecule has 0 saturated heterocycles. The molecule has 0 aliphatic carbocycles. The lowest BCUT2D eigenvalue weighted by Crippen LogP contribution is -2.31. The molecule has 2 aromatic heterocycles. The number of thiophene rings is 1. The van der Waals surface area contributed by atoms with Crippen molar-refractivity contribution in [2.75, 3.05) is 13.1 Å². The number of rotatable bonds is 4. The minimum Gasteiger partial charge on any atom is -0.338 e. The van der Waals surface area contributed by atoms with E-state index in [4.69, 9.17) is 0 Å². The van der Waals surface area contributed by atoms with Crippen molar-refractivity contribution in [1.82, 2.24) is 14.7 Å². The van der Waals surface area contributed by atoms with Gasteiger partial charge in [0.1, 0.15) is 11.4 Å². The van der Waals surface area contributed by atoms with E-state index in [1.165, 1.54) is 0 Å². The van der Waals surface area contributed by atoms with Crippen LogP contribution in [-0.2, 0) is 7.05 Å². The van der Waals surface area contributed by atoms with E-state index >= 15 is 0 Å². The van der Waals surface area contributed by atoms with Crippen molar-refractivity contribution in [2.45, 2.75) is 13.8 Å². The molecule has 2 rings (SSSR count). The van der Waals surface area contributed by atoms with Crippen molar-refractivity contribution in [3.63, 3.8) is 0 Å². The zero-order chi connectivity index (χ0) is 13.1. The number of carbonyl (C=O) groups is 1. The molecule has 0 aromatic carbocycles. The van der Waals surface area contributed by atoms with Gasteiger partial charge in [0.15, 0.2) is 0 Å². The van der Waals surface area contributed by atoms with Gasteiger partial charge in [-0.25, -0.2) is 0 Å². The van der Waals surface area contributed by atoms with Crippen molar-refractivity contribution in [1.29, 1.82) is 0 Å². The second kappa shape index (κ2) is 5.35. The largest absolute Gasteiger partial charge is 0.338 e. The fourth-order valence-corrected chi connectivity index (χ4v) is 2.57. The van der Waals surface area contributed by atoms with E-state index < -0.39 is 0 Å². The fraction of sp³-hybridized carbons (Fsp3) is 0.385. The monoisotopic (exact) mass is 263 g/mol. The average molecular weight is 263 g/mol. The Bertz CT molecular complexity index is 526. The van der Waals surface area contributed by atoms with Gasteiger partial charge < -0.3 is 4.90 Å². The number of hydrogen-bond donors (Lipinski definition) is 0. The SMILES string of the molecule is CCN(CC)C(=O)c1cc(-c2cccs2)nn1C. The van der Waals surface area contributed by atoms with Crippen LogP contribution in [0.25, 0.3) is 10.6 Å². The maximum Gasteiger partial charge on any atom is 0.272 e. The number of carbonyl (C=O) groups excluding carboxylic acids is 1. The summed E-state index contributed by atoms with van der Waals surface area (Å²) in [4.78, 5) is 15.2. The standard InChI is InChI=1S/C13H17N3OS/c1-4-16(5-2)13(17)11-9-10(14-15(11)3)12-7-6-8-18-12/h6-9H,4-5H2,1-3H3. The van der Waals surface area contributed by atoms with E-state index in [9.17, 15) is 4.79 Å². The van der Waals surface area contributed by atoms with Crippen LogP contribution in [0.3, 0.4) is 0 Å². The molecule has 0 unspecified atom stereocenters. The van der Waals surface area contributed by atoms with E-state index in [-0.39, 0.29) is 5.91 Å². The molecule has 4 nitrogen and oxygen atoms in total. The summed E-state index contributed by atoms with van der Waals surface area (Å²) in [5.74, 6) is 0.0396. The van der Waals surface area contributed by atoms with E-state index in [1.807, 2.05) is 44.5 Å². The van der Waals surface area contributed by atoms with Gasteiger partial charge >= 0.3 is 0 Å². The summed E-state index contributed by atoms with van der Waals surface area (Å²) in [7, 11) is 1.81. The molecular weight excluding hydrogens is 246 g/mol. The van der Waals surface area contributed by atoms with E-state index in [2.05, 4.69) is 5.10 Å². The van der Waals surface area contributed by atoms with Crippen LogP contribution in [0, 0.1) is 0 Å². The lowest BCUT2D eigenvalue weighted by molar-refractivity contribution is 0.0762. The molecule has 0 spiro atoms. The predicted octanol–water partition coefficient (Wildman–Crippen LogP) is 2.63.